The summed E-state index contributed by atoms with van der Waals surface area (Å²) in [6.45, 7) is 9.48. The molecule has 0 amide bonds. The summed E-state index contributed by atoms with van der Waals surface area (Å²) in [6, 6.07) is 1.69. The van der Waals surface area contributed by atoms with Crippen molar-refractivity contribution in [2.75, 3.05) is 0 Å². The molecular weight excluding hydrogens is 218 g/mol. The summed E-state index contributed by atoms with van der Waals surface area (Å²) >= 11 is 0. The van der Waals surface area contributed by atoms with Crippen LogP contribution in [0.25, 0.3) is 0 Å². The highest BCUT2D eigenvalue weighted by Gasteiger charge is 2.45. The van der Waals surface area contributed by atoms with Crippen LogP contribution in [-0.4, -0.2) is 16.1 Å². The van der Waals surface area contributed by atoms with E-state index in [0.717, 1.165) is 11.3 Å². The third-order valence-electron chi connectivity index (χ3n) is 3.17. The van der Waals surface area contributed by atoms with Crippen molar-refractivity contribution >= 4 is 5.97 Å². The van der Waals surface area contributed by atoms with E-state index in [1.54, 1.807) is 13.0 Å². The fraction of sp³-hybridized carbons (Fsp3) is 0.538. The van der Waals surface area contributed by atoms with Crippen LogP contribution in [-0.2, 0) is 15.9 Å². The number of aromatic nitrogens is 1. The average molecular weight is 235 g/mol. The number of aromatic carboxylic acids is 1. The summed E-state index contributed by atoms with van der Waals surface area (Å²) in [7, 11) is 0. The molecule has 1 aromatic rings. The van der Waals surface area contributed by atoms with Crippen molar-refractivity contribution in [2.45, 2.75) is 45.8 Å². The van der Waals surface area contributed by atoms with Gasteiger partial charge >= 0.3 is 5.97 Å². The maximum atomic E-state index is 11.1. The molecule has 0 aromatic carbocycles. The molecule has 0 spiro atoms. The minimum atomic E-state index is -0.946. The summed E-state index contributed by atoms with van der Waals surface area (Å²) in [5.74, 6) is -0.946. The minimum Gasteiger partial charge on any atom is -0.478 e. The van der Waals surface area contributed by atoms with Crippen LogP contribution in [0.3, 0.4) is 0 Å². The van der Waals surface area contributed by atoms with Crippen LogP contribution in [0.2, 0.25) is 0 Å². The summed E-state index contributed by atoms with van der Waals surface area (Å²) < 4.78 is 5.94. The second-order valence-corrected chi connectivity index (χ2v) is 5.45. The molecule has 1 aliphatic heterocycles. The zero-order valence-corrected chi connectivity index (χ0v) is 10.8. The molecule has 0 radical (unpaired) electrons. The van der Waals surface area contributed by atoms with Crippen LogP contribution >= 0.6 is 0 Å². The van der Waals surface area contributed by atoms with Crippen LogP contribution in [0, 0.1) is 6.92 Å². The average Bonchev–Trinajstić information content (AvgIpc) is 2.30. The van der Waals surface area contributed by atoms with Crippen LogP contribution in [0.5, 0.6) is 0 Å². The zero-order valence-electron chi connectivity index (χ0n) is 10.8. The van der Waals surface area contributed by atoms with Gasteiger partial charge in [0.25, 0.3) is 0 Å². The van der Waals surface area contributed by atoms with Gasteiger partial charge in [-0.3, -0.25) is 4.98 Å². The standard InChI is InChI=1S/C13H17NO3/c1-7-8(11(15)16)6-9-10(14-7)13(4,5)17-12(9,2)3/h6H,1-5H3,(H,15,16). The third-order valence-corrected chi connectivity index (χ3v) is 3.17. The zero-order chi connectivity index (χ0) is 13.0. The molecule has 0 saturated carbocycles. The number of carbonyl (C=O) groups is 1. The first-order valence-corrected chi connectivity index (χ1v) is 5.61. The first-order chi connectivity index (χ1) is 7.65. The highest BCUT2D eigenvalue weighted by molar-refractivity contribution is 5.89. The first-order valence-electron chi connectivity index (χ1n) is 5.61. The van der Waals surface area contributed by atoms with E-state index >= 15 is 0 Å². The molecule has 1 aliphatic rings. The van der Waals surface area contributed by atoms with Gasteiger partial charge in [0.15, 0.2) is 0 Å². The second-order valence-electron chi connectivity index (χ2n) is 5.45. The Balaban J connectivity index is 2.72. The maximum Gasteiger partial charge on any atom is 0.337 e. The molecule has 2 heterocycles. The lowest BCUT2D eigenvalue weighted by Crippen LogP contribution is -2.22. The number of rotatable bonds is 1. The molecular formula is C13H17NO3. The molecule has 0 atom stereocenters. The minimum absolute atomic E-state index is 0.248. The number of aryl methyl sites for hydroxylation is 1. The molecule has 0 aliphatic carbocycles. The molecule has 0 bridgehead atoms. The van der Waals surface area contributed by atoms with Crippen molar-refractivity contribution in [3.8, 4) is 0 Å². The van der Waals surface area contributed by atoms with Gasteiger partial charge in [-0.25, -0.2) is 4.79 Å². The van der Waals surface area contributed by atoms with E-state index in [-0.39, 0.29) is 5.56 Å². The van der Waals surface area contributed by atoms with E-state index in [9.17, 15) is 4.79 Å². The van der Waals surface area contributed by atoms with E-state index in [2.05, 4.69) is 4.98 Å². The molecule has 1 aromatic heterocycles. The van der Waals surface area contributed by atoms with E-state index < -0.39 is 17.2 Å². The van der Waals surface area contributed by atoms with Crippen LogP contribution in [0.4, 0.5) is 0 Å². The SMILES string of the molecule is Cc1nc2c(cc1C(=O)O)C(C)(C)OC2(C)C. The molecule has 2 rings (SSSR count). The normalized spacial score (nSPS) is 20.1. The van der Waals surface area contributed by atoms with Gasteiger partial charge in [0.2, 0.25) is 0 Å². The Morgan fingerprint density at radius 2 is 1.88 bits per heavy atom. The van der Waals surface area contributed by atoms with Gasteiger partial charge in [0.05, 0.1) is 22.6 Å². The Morgan fingerprint density at radius 1 is 1.29 bits per heavy atom. The van der Waals surface area contributed by atoms with E-state index in [4.69, 9.17) is 9.84 Å². The molecule has 0 unspecified atom stereocenters. The molecule has 4 heteroatoms. The topological polar surface area (TPSA) is 59.4 Å². The summed E-state index contributed by atoms with van der Waals surface area (Å²) in [5.41, 5.74) is 1.52. The molecule has 0 saturated heterocycles. The first kappa shape index (κ1) is 12.0. The lowest BCUT2D eigenvalue weighted by Gasteiger charge is -2.24. The Bertz CT molecular complexity index is 504. The number of carboxylic acid groups (broad SMARTS) is 1. The van der Waals surface area contributed by atoms with E-state index in [1.165, 1.54) is 0 Å². The number of fused-ring (bicyclic) bond motifs is 1. The molecule has 17 heavy (non-hydrogen) atoms. The fourth-order valence-electron chi connectivity index (χ4n) is 2.48. The van der Waals surface area contributed by atoms with Crippen molar-refractivity contribution in [2.24, 2.45) is 0 Å². The molecule has 0 fully saturated rings. The van der Waals surface area contributed by atoms with Gasteiger partial charge < -0.3 is 9.84 Å². The van der Waals surface area contributed by atoms with E-state index in [1.807, 2.05) is 27.7 Å². The van der Waals surface area contributed by atoms with Gasteiger partial charge in [0.1, 0.15) is 5.60 Å². The number of ether oxygens (including phenoxy) is 1. The summed E-state index contributed by atoms with van der Waals surface area (Å²) in [4.78, 5) is 15.5. The van der Waals surface area contributed by atoms with Crippen LogP contribution < -0.4 is 0 Å². The number of hydrogen-bond donors (Lipinski definition) is 1. The monoisotopic (exact) mass is 235 g/mol. The Hall–Kier alpha value is -1.42. The lowest BCUT2D eigenvalue weighted by atomic mass is 9.93. The van der Waals surface area contributed by atoms with E-state index in [0.29, 0.717) is 5.69 Å². The predicted octanol–water partition coefficient (Wildman–Crippen LogP) is 2.59. The molecule has 4 nitrogen and oxygen atoms in total. The largest absolute Gasteiger partial charge is 0.478 e. The maximum absolute atomic E-state index is 11.1. The molecule has 1 N–H and O–H groups in total. The fourth-order valence-corrected chi connectivity index (χ4v) is 2.48. The Kier molecular flexibility index (Phi) is 2.33. The van der Waals surface area contributed by atoms with Crippen molar-refractivity contribution < 1.29 is 14.6 Å². The number of nitrogens with zero attached hydrogens (tertiary/aromatic N) is 1. The van der Waals surface area contributed by atoms with Crippen molar-refractivity contribution in [1.82, 2.24) is 4.98 Å². The predicted molar refractivity (Wildman–Crippen MR) is 63.1 cm³/mol. The second kappa shape index (κ2) is 3.29. The third kappa shape index (κ3) is 1.72. The van der Waals surface area contributed by atoms with Gasteiger partial charge in [-0.15, -0.1) is 0 Å². The van der Waals surface area contributed by atoms with Crippen molar-refractivity contribution in [1.29, 1.82) is 0 Å². The number of pyridine rings is 1. The smallest absolute Gasteiger partial charge is 0.337 e. The molecule has 92 valence electrons. The van der Waals surface area contributed by atoms with Gasteiger partial charge in [-0.05, 0) is 40.7 Å². The Labute approximate surface area is 101 Å². The Morgan fingerprint density at radius 3 is 2.41 bits per heavy atom. The quantitative estimate of drug-likeness (QED) is 0.812. The van der Waals surface area contributed by atoms with Gasteiger partial charge in [-0.1, -0.05) is 0 Å². The van der Waals surface area contributed by atoms with Crippen LogP contribution in [0.15, 0.2) is 6.07 Å². The van der Waals surface area contributed by atoms with Crippen molar-refractivity contribution in [3.05, 3.63) is 28.6 Å². The number of hydrogen-bond acceptors (Lipinski definition) is 3. The summed E-state index contributed by atoms with van der Waals surface area (Å²) in [6.07, 6.45) is 0. The van der Waals surface area contributed by atoms with Crippen LogP contribution in [0.1, 0.15) is 55.0 Å². The van der Waals surface area contributed by atoms with Gasteiger partial charge in [0, 0.05) is 5.56 Å². The highest BCUT2D eigenvalue weighted by atomic mass is 16.5. The van der Waals surface area contributed by atoms with Gasteiger partial charge in [-0.2, -0.15) is 0 Å². The highest BCUT2D eigenvalue weighted by Crippen LogP contribution is 2.46. The van der Waals surface area contributed by atoms with Crippen molar-refractivity contribution in [3.63, 3.8) is 0 Å². The number of carboxylic acids is 1. The lowest BCUT2D eigenvalue weighted by molar-refractivity contribution is -0.106. The summed E-state index contributed by atoms with van der Waals surface area (Å²) in [5, 5.41) is 9.12.